The summed E-state index contributed by atoms with van der Waals surface area (Å²) in [4.78, 5) is 34.3. The van der Waals surface area contributed by atoms with Crippen molar-refractivity contribution in [3.05, 3.63) is 76.8 Å². The Morgan fingerprint density at radius 1 is 0.913 bits per heavy atom. The van der Waals surface area contributed by atoms with Crippen LogP contribution < -0.4 is 5.32 Å². The average Bonchev–Trinajstić information content (AvgIpc) is 2.55. The number of benzene rings is 2. The first-order chi connectivity index (χ1) is 11.0. The minimum atomic E-state index is -1.38. The third kappa shape index (κ3) is 4.52. The molecule has 1 amide bonds. The summed E-state index contributed by atoms with van der Waals surface area (Å²) < 4.78 is 0. The van der Waals surface area contributed by atoms with Crippen molar-refractivity contribution in [2.45, 2.75) is 0 Å². The molecule has 2 N–H and O–H groups in total. The largest absolute Gasteiger partial charge is 0.477 e. The molecule has 0 atom stereocenters. The van der Waals surface area contributed by atoms with Crippen molar-refractivity contribution in [1.29, 1.82) is 0 Å². The summed E-state index contributed by atoms with van der Waals surface area (Å²) in [5.74, 6) is -2.18. The lowest BCUT2D eigenvalue weighted by Gasteiger charge is -2.05. The van der Waals surface area contributed by atoms with E-state index >= 15 is 0 Å². The molecular formula is C17H12ClNO4. The first kappa shape index (κ1) is 16.5. The second-order valence-electron chi connectivity index (χ2n) is 4.56. The van der Waals surface area contributed by atoms with Crippen LogP contribution >= 0.6 is 11.6 Å². The van der Waals surface area contributed by atoms with E-state index in [1.807, 2.05) is 6.07 Å². The van der Waals surface area contributed by atoms with Gasteiger partial charge in [-0.05, 0) is 24.3 Å². The van der Waals surface area contributed by atoms with Crippen molar-refractivity contribution in [2.24, 2.45) is 0 Å². The first-order valence-electron chi connectivity index (χ1n) is 6.58. The molecule has 6 heteroatoms. The van der Waals surface area contributed by atoms with Crippen LogP contribution in [0.5, 0.6) is 0 Å². The molecule has 0 saturated carbocycles. The number of aliphatic carboxylic acids is 1. The number of hydrogen-bond donors (Lipinski definition) is 2. The molecule has 23 heavy (non-hydrogen) atoms. The lowest BCUT2D eigenvalue weighted by Crippen LogP contribution is -2.10. The van der Waals surface area contributed by atoms with Crippen molar-refractivity contribution in [3.8, 4) is 0 Å². The van der Waals surface area contributed by atoms with Crippen LogP contribution in [-0.2, 0) is 9.59 Å². The maximum absolute atomic E-state index is 12.2. The highest BCUT2D eigenvalue weighted by atomic mass is 35.5. The summed E-state index contributed by atoms with van der Waals surface area (Å²) in [5, 5.41) is 10.5. The highest BCUT2D eigenvalue weighted by Gasteiger charge is 2.09. The van der Waals surface area contributed by atoms with Gasteiger partial charge in [0, 0.05) is 22.9 Å². The molecular weight excluding hydrogens is 318 g/mol. The number of nitrogens with one attached hydrogen (secondary N) is 1. The quantitative estimate of drug-likeness (QED) is 0.652. The highest BCUT2D eigenvalue weighted by Crippen LogP contribution is 2.14. The van der Waals surface area contributed by atoms with E-state index < -0.39 is 16.9 Å². The van der Waals surface area contributed by atoms with Crippen LogP contribution in [0.4, 0.5) is 5.69 Å². The van der Waals surface area contributed by atoms with E-state index in [0.29, 0.717) is 16.8 Å². The monoisotopic (exact) mass is 329 g/mol. The van der Waals surface area contributed by atoms with Gasteiger partial charge in [-0.15, -0.1) is 0 Å². The zero-order chi connectivity index (χ0) is 16.8. The number of rotatable bonds is 5. The van der Waals surface area contributed by atoms with Gasteiger partial charge in [0.1, 0.15) is 5.03 Å². The number of amides is 1. The van der Waals surface area contributed by atoms with E-state index in [0.717, 1.165) is 6.08 Å². The van der Waals surface area contributed by atoms with Gasteiger partial charge >= 0.3 is 5.97 Å². The third-order valence-electron chi connectivity index (χ3n) is 2.91. The second-order valence-corrected chi connectivity index (χ2v) is 4.97. The zero-order valence-electron chi connectivity index (χ0n) is 11.8. The molecule has 5 nitrogen and oxygen atoms in total. The van der Waals surface area contributed by atoms with Crippen LogP contribution in [0.25, 0.3) is 0 Å². The normalized spacial score (nSPS) is 10.9. The highest BCUT2D eigenvalue weighted by molar-refractivity contribution is 6.42. The van der Waals surface area contributed by atoms with Crippen LogP contribution in [0.3, 0.4) is 0 Å². The van der Waals surface area contributed by atoms with E-state index in [2.05, 4.69) is 5.32 Å². The minimum absolute atomic E-state index is 0.128. The van der Waals surface area contributed by atoms with Crippen LogP contribution in [0, 0.1) is 0 Å². The summed E-state index contributed by atoms with van der Waals surface area (Å²) in [6, 6.07) is 15.1. The fourth-order valence-electron chi connectivity index (χ4n) is 1.82. The van der Waals surface area contributed by atoms with Crippen molar-refractivity contribution in [2.75, 3.05) is 5.32 Å². The lowest BCUT2D eigenvalue weighted by atomic mass is 10.0. The standard InChI is InChI=1S/C17H12ClNO4/c18-14(17(22)23)10-15(20)19-13-8-6-12(7-9-13)16(21)11-4-2-1-3-5-11/h1-10H,(H,19,20)(H,22,23). The van der Waals surface area contributed by atoms with Gasteiger partial charge in [0.15, 0.2) is 5.78 Å². The lowest BCUT2D eigenvalue weighted by molar-refractivity contribution is -0.132. The summed E-state index contributed by atoms with van der Waals surface area (Å²) in [5.41, 5.74) is 1.47. The molecule has 0 saturated heterocycles. The van der Waals surface area contributed by atoms with Gasteiger partial charge in [-0.1, -0.05) is 41.9 Å². The smallest absolute Gasteiger partial charge is 0.347 e. The molecule has 116 valence electrons. The molecule has 0 fully saturated rings. The molecule has 0 aliphatic rings. The Morgan fingerprint density at radius 3 is 2.04 bits per heavy atom. The number of halogens is 1. The number of carbonyl (C=O) groups excluding carboxylic acids is 2. The van der Waals surface area contributed by atoms with E-state index in [1.165, 1.54) is 0 Å². The average molecular weight is 330 g/mol. The molecule has 0 aliphatic heterocycles. The molecule has 0 unspecified atom stereocenters. The molecule has 0 aliphatic carbocycles. The van der Waals surface area contributed by atoms with Crippen LogP contribution in [0.15, 0.2) is 65.7 Å². The Kier molecular flexibility index (Phi) is 5.28. The summed E-state index contributed by atoms with van der Waals surface area (Å²) >= 11 is 5.37. The fourth-order valence-corrected chi connectivity index (χ4v) is 1.92. The van der Waals surface area contributed by atoms with Gasteiger partial charge < -0.3 is 10.4 Å². The summed E-state index contributed by atoms with van der Waals surface area (Å²) in [7, 11) is 0. The topological polar surface area (TPSA) is 83.5 Å². The van der Waals surface area contributed by atoms with E-state index in [1.54, 1.807) is 48.5 Å². The first-order valence-corrected chi connectivity index (χ1v) is 6.96. The Morgan fingerprint density at radius 2 is 1.48 bits per heavy atom. The van der Waals surface area contributed by atoms with E-state index in [4.69, 9.17) is 16.7 Å². The second kappa shape index (κ2) is 7.38. The maximum Gasteiger partial charge on any atom is 0.347 e. The third-order valence-corrected chi connectivity index (χ3v) is 3.18. The zero-order valence-corrected chi connectivity index (χ0v) is 12.6. The van der Waals surface area contributed by atoms with Gasteiger partial charge in [-0.25, -0.2) is 4.79 Å². The van der Waals surface area contributed by atoms with Gasteiger partial charge in [-0.3, -0.25) is 9.59 Å². The SMILES string of the molecule is O=C(C=C(Cl)C(=O)O)Nc1ccc(C(=O)c2ccccc2)cc1. The van der Waals surface area contributed by atoms with Crippen LogP contribution in [0.1, 0.15) is 15.9 Å². The number of ketones is 1. The number of carbonyl (C=O) groups is 3. The molecule has 2 aromatic rings. The molecule has 2 rings (SSSR count). The summed E-state index contributed by atoms with van der Waals surface area (Å²) in [6.45, 7) is 0. The van der Waals surface area contributed by atoms with Crippen LogP contribution in [-0.4, -0.2) is 22.8 Å². The minimum Gasteiger partial charge on any atom is -0.477 e. The van der Waals surface area contributed by atoms with Crippen LogP contribution in [0.2, 0.25) is 0 Å². The Hall–Kier alpha value is -2.92. The van der Waals surface area contributed by atoms with E-state index in [9.17, 15) is 14.4 Å². The van der Waals surface area contributed by atoms with E-state index in [-0.39, 0.29) is 5.78 Å². The van der Waals surface area contributed by atoms with Crippen molar-refractivity contribution < 1.29 is 19.5 Å². The molecule has 0 bridgehead atoms. The van der Waals surface area contributed by atoms with Gasteiger partial charge in [-0.2, -0.15) is 0 Å². The number of anilines is 1. The fraction of sp³-hybridized carbons (Fsp3) is 0. The predicted octanol–water partition coefficient (Wildman–Crippen LogP) is 3.06. The number of hydrogen-bond acceptors (Lipinski definition) is 3. The molecule has 0 radical (unpaired) electrons. The molecule has 0 spiro atoms. The predicted molar refractivity (Wildman–Crippen MR) is 86.5 cm³/mol. The van der Waals surface area contributed by atoms with Crippen molar-refractivity contribution >= 4 is 34.9 Å². The number of carboxylic acid groups (broad SMARTS) is 1. The van der Waals surface area contributed by atoms with Gasteiger partial charge in [0.2, 0.25) is 5.91 Å². The molecule has 0 heterocycles. The Balaban J connectivity index is 2.08. The Bertz CT molecular complexity index is 767. The molecule has 2 aromatic carbocycles. The number of carboxylic acids is 1. The van der Waals surface area contributed by atoms with Crippen molar-refractivity contribution in [3.63, 3.8) is 0 Å². The maximum atomic E-state index is 12.2. The van der Waals surface area contributed by atoms with Crippen molar-refractivity contribution in [1.82, 2.24) is 0 Å². The molecule has 0 aromatic heterocycles. The van der Waals surface area contributed by atoms with Gasteiger partial charge in [0.25, 0.3) is 0 Å². The van der Waals surface area contributed by atoms with Gasteiger partial charge in [0.05, 0.1) is 0 Å². The summed E-state index contributed by atoms with van der Waals surface area (Å²) in [6.07, 6.45) is 0.771. The Labute approximate surface area is 137 Å².